The van der Waals surface area contributed by atoms with Gasteiger partial charge in [0.25, 0.3) is 0 Å². The number of carbonyl (C=O) groups excluding carboxylic acids is 5. The molecule has 1 N–H and O–H groups in total. The van der Waals surface area contributed by atoms with Crippen LogP contribution in [0.15, 0.2) is 23.3 Å². The molecule has 0 aromatic heterocycles. The van der Waals surface area contributed by atoms with Crippen LogP contribution in [0.2, 0.25) is 0 Å². The number of fused-ring (bicyclic) bond motifs is 2. The average Bonchev–Trinajstić information content (AvgIpc) is 3.06. The molecule has 0 aromatic carbocycles. The van der Waals surface area contributed by atoms with Gasteiger partial charge in [0.15, 0.2) is 11.7 Å². The second-order valence-corrected chi connectivity index (χ2v) is 11.6. The second kappa shape index (κ2) is 12.3. The van der Waals surface area contributed by atoms with Gasteiger partial charge in [-0.1, -0.05) is 31.1 Å². The molecular formula is C30H42O11. The van der Waals surface area contributed by atoms with Crippen molar-refractivity contribution in [3.8, 4) is 0 Å². The van der Waals surface area contributed by atoms with E-state index < -0.39 is 83.2 Å². The predicted octanol–water partition coefficient (Wildman–Crippen LogP) is 3.11. The van der Waals surface area contributed by atoms with Crippen LogP contribution in [0.1, 0.15) is 81.1 Å². The molecule has 0 spiro atoms. The zero-order valence-electron chi connectivity index (χ0n) is 25.1. The first-order chi connectivity index (χ1) is 19.1. The molecule has 0 saturated carbocycles. The number of ether oxygens (including phenoxy) is 5. The molecular weight excluding hydrogens is 536 g/mol. The zero-order chi connectivity index (χ0) is 30.9. The molecule has 3 rings (SSSR count). The summed E-state index contributed by atoms with van der Waals surface area (Å²) in [6.07, 6.45) is -1.59. The molecule has 1 aliphatic heterocycles. The molecule has 2 aliphatic carbocycles. The number of hydrogen-bond donors (Lipinski definition) is 1. The molecule has 0 amide bonds. The van der Waals surface area contributed by atoms with E-state index in [0.29, 0.717) is 17.6 Å². The molecule has 0 radical (unpaired) electrons. The summed E-state index contributed by atoms with van der Waals surface area (Å²) in [5.74, 6) is -5.30. The standard InChI is InChI=1S/C30H42O11/c1-9-10-24(34)40-21-13-15(2)14-23-30(36,17(4)28(35)41-23)27(39-20(7)33)25-16(3)11-12-22(37-18(5)31)29(25,8)26(21)38-19(6)32/h11,14,17,21-23,25-27,36H,9-10,12-13H2,1-8H3. The van der Waals surface area contributed by atoms with Crippen LogP contribution >= 0.6 is 0 Å². The minimum atomic E-state index is -2.05. The van der Waals surface area contributed by atoms with Gasteiger partial charge < -0.3 is 28.8 Å². The molecule has 0 bridgehead atoms. The van der Waals surface area contributed by atoms with Gasteiger partial charge in [-0.2, -0.15) is 0 Å². The van der Waals surface area contributed by atoms with Crippen LogP contribution in [0, 0.1) is 17.3 Å². The molecule has 9 atom stereocenters. The van der Waals surface area contributed by atoms with Gasteiger partial charge in [-0.15, -0.1) is 0 Å². The van der Waals surface area contributed by atoms with Crippen molar-refractivity contribution in [2.24, 2.45) is 17.3 Å². The van der Waals surface area contributed by atoms with Gasteiger partial charge in [0.2, 0.25) is 0 Å². The Hall–Kier alpha value is -3.21. The fourth-order valence-corrected chi connectivity index (χ4v) is 6.67. The third-order valence-corrected chi connectivity index (χ3v) is 8.55. The summed E-state index contributed by atoms with van der Waals surface area (Å²) >= 11 is 0. The maximum absolute atomic E-state index is 12.9. The molecule has 1 heterocycles. The van der Waals surface area contributed by atoms with E-state index in [1.54, 1.807) is 32.9 Å². The second-order valence-electron chi connectivity index (χ2n) is 11.6. The van der Waals surface area contributed by atoms with E-state index in [1.165, 1.54) is 27.7 Å². The maximum atomic E-state index is 12.9. The lowest BCUT2D eigenvalue weighted by Gasteiger charge is -2.55. The number of rotatable bonds is 6. The number of hydrogen-bond acceptors (Lipinski definition) is 11. The van der Waals surface area contributed by atoms with Crippen molar-refractivity contribution in [2.45, 2.75) is 117 Å². The highest BCUT2D eigenvalue weighted by Gasteiger charge is 2.68. The van der Waals surface area contributed by atoms with Crippen LogP contribution in [0.25, 0.3) is 0 Å². The van der Waals surface area contributed by atoms with E-state index in [4.69, 9.17) is 23.7 Å². The average molecular weight is 579 g/mol. The van der Waals surface area contributed by atoms with Gasteiger partial charge in [-0.3, -0.25) is 24.0 Å². The predicted molar refractivity (Wildman–Crippen MR) is 144 cm³/mol. The lowest BCUT2D eigenvalue weighted by Crippen LogP contribution is -2.67. The summed E-state index contributed by atoms with van der Waals surface area (Å²) in [5.41, 5.74) is -2.26. The van der Waals surface area contributed by atoms with Gasteiger partial charge >= 0.3 is 29.8 Å². The minimum absolute atomic E-state index is 0.0575. The Kier molecular flexibility index (Phi) is 9.73. The zero-order valence-corrected chi connectivity index (χ0v) is 25.1. The molecule has 228 valence electrons. The summed E-state index contributed by atoms with van der Waals surface area (Å²) in [7, 11) is 0. The van der Waals surface area contributed by atoms with Crippen molar-refractivity contribution >= 4 is 29.8 Å². The molecule has 11 heteroatoms. The van der Waals surface area contributed by atoms with E-state index in [1.807, 2.05) is 6.92 Å². The Morgan fingerprint density at radius 1 is 1.00 bits per heavy atom. The minimum Gasteiger partial charge on any atom is -0.461 e. The molecule has 3 aliphatic rings. The van der Waals surface area contributed by atoms with Crippen molar-refractivity contribution < 1.29 is 52.8 Å². The van der Waals surface area contributed by atoms with Gasteiger partial charge in [0, 0.05) is 46.0 Å². The Morgan fingerprint density at radius 2 is 1.59 bits per heavy atom. The number of aliphatic hydroxyl groups is 1. The summed E-state index contributed by atoms with van der Waals surface area (Å²) in [6.45, 7) is 12.1. The van der Waals surface area contributed by atoms with Crippen LogP contribution in [0.4, 0.5) is 0 Å². The Balaban J connectivity index is 2.43. The molecule has 1 saturated heterocycles. The summed E-state index contributed by atoms with van der Waals surface area (Å²) < 4.78 is 29.2. The van der Waals surface area contributed by atoms with Crippen molar-refractivity contribution in [1.82, 2.24) is 0 Å². The van der Waals surface area contributed by atoms with Crippen LogP contribution in [-0.2, 0) is 47.7 Å². The number of carbonyl (C=O) groups is 5. The highest BCUT2D eigenvalue weighted by molar-refractivity contribution is 5.78. The van der Waals surface area contributed by atoms with E-state index in [9.17, 15) is 29.1 Å². The van der Waals surface area contributed by atoms with E-state index in [0.717, 1.165) is 0 Å². The van der Waals surface area contributed by atoms with Gasteiger partial charge in [0.05, 0.1) is 11.3 Å². The third kappa shape index (κ3) is 6.19. The first-order valence-electron chi connectivity index (χ1n) is 14.0. The van der Waals surface area contributed by atoms with Crippen LogP contribution in [0.3, 0.4) is 0 Å². The third-order valence-electron chi connectivity index (χ3n) is 8.55. The summed E-state index contributed by atoms with van der Waals surface area (Å²) in [6, 6.07) is 0. The quantitative estimate of drug-likeness (QED) is 0.281. The highest BCUT2D eigenvalue weighted by Crippen LogP contribution is 2.55. The fourth-order valence-electron chi connectivity index (χ4n) is 6.67. The summed E-state index contributed by atoms with van der Waals surface area (Å²) in [5, 5.41) is 12.4. The lowest BCUT2D eigenvalue weighted by molar-refractivity contribution is -0.228. The molecule has 41 heavy (non-hydrogen) atoms. The first kappa shape index (κ1) is 32.3. The molecule has 11 nitrogen and oxygen atoms in total. The van der Waals surface area contributed by atoms with Crippen molar-refractivity contribution in [3.05, 3.63) is 23.3 Å². The van der Waals surface area contributed by atoms with E-state index in [2.05, 4.69) is 0 Å². The normalized spacial score (nSPS) is 36.8. The monoisotopic (exact) mass is 578 g/mol. The van der Waals surface area contributed by atoms with Gasteiger partial charge in [-0.25, -0.2) is 0 Å². The Bertz CT molecular complexity index is 1140. The van der Waals surface area contributed by atoms with Crippen molar-refractivity contribution in [1.29, 1.82) is 0 Å². The van der Waals surface area contributed by atoms with Crippen LogP contribution in [-0.4, -0.2) is 71.1 Å². The number of esters is 5. The largest absolute Gasteiger partial charge is 0.461 e. The fraction of sp³-hybridized carbons (Fsp3) is 0.700. The van der Waals surface area contributed by atoms with Crippen molar-refractivity contribution in [2.75, 3.05) is 0 Å². The van der Waals surface area contributed by atoms with Crippen LogP contribution in [0.5, 0.6) is 0 Å². The topological polar surface area (TPSA) is 152 Å². The lowest BCUT2D eigenvalue weighted by atomic mass is 9.55. The van der Waals surface area contributed by atoms with Crippen LogP contribution < -0.4 is 0 Å². The molecule has 0 aromatic rings. The SMILES string of the molecule is CCCC(=O)OC1CC(C)=CC2OC(=O)C(C)C2(O)C(OC(C)=O)C2C(C)=CCC(OC(C)=O)C2(C)C1OC(C)=O. The van der Waals surface area contributed by atoms with Gasteiger partial charge in [-0.05, 0) is 33.3 Å². The summed E-state index contributed by atoms with van der Waals surface area (Å²) in [4.78, 5) is 63.4. The Morgan fingerprint density at radius 3 is 2.15 bits per heavy atom. The maximum Gasteiger partial charge on any atom is 0.312 e. The first-order valence-corrected chi connectivity index (χ1v) is 14.0. The van der Waals surface area contributed by atoms with E-state index >= 15 is 0 Å². The molecule has 1 fully saturated rings. The van der Waals surface area contributed by atoms with Crippen molar-refractivity contribution in [3.63, 3.8) is 0 Å². The highest BCUT2D eigenvalue weighted by atomic mass is 16.6. The smallest absolute Gasteiger partial charge is 0.312 e. The molecule has 9 unspecified atom stereocenters. The van der Waals surface area contributed by atoms with Gasteiger partial charge in [0.1, 0.15) is 24.4 Å². The van der Waals surface area contributed by atoms with E-state index in [-0.39, 0.29) is 19.3 Å². The Labute approximate surface area is 240 Å².